The lowest BCUT2D eigenvalue weighted by Crippen LogP contribution is -2.39. The third-order valence-corrected chi connectivity index (χ3v) is 1.27. The molecule has 0 N–H and O–H groups in total. The number of hydrogen-bond donors (Lipinski definition) is 0. The Kier molecular flexibility index (Phi) is 2.05. The van der Waals surface area contributed by atoms with Gasteiger partial charge >= 0.3 is 0 Å². The van der Waals surface area contributed by atoms with Crippen LogP contribution in [0.2, 0.25) is 0 Å². The van der Waals surface area contributed by atoms with Crippen LogP contribution in [0.1, 0.15) is 5.56 Å². The first kappa shape index (κ1) is 6.81. The van der Waals surface area contributed by atoms with Crippen molar-refractivity contribution in [3.8, 4) is 0 Å². The molecule has 0 spiro atoms. The molecule has 0 aliphatic rings. The Morgan fingerprint density at radius 1 is 1.50 bits per heavy atom. The van der Waals surface area contributed by atoms with Crippen LogP contribution in [0.15, 0.2) is 31.1 Å². The quantitative estimate of drug-likeness (QED) is 0.545. The van der Waals surface area contributed by atoms with Crippen LogP contribution in [0.5, 0.6) is 0 Å². The molecule has 0 saturated heterocycles. The Labute approximate surface area is 60.3 Å². The minimum atomic E-state index is 1.09. The van der Waals surface area contributed by atoms with E-state index in [4.69, 9.17) is 4.84 Å². The summed E-state index contributed by atoms with van der Waals surface area (Å²) in [6, 6.07) is 3.85. The van der Waals surface area contributed by atoms with Crippen LogP contribution in [0, 0.1) is 0 Å². The van der Waals surface area contributed by atoms with Gasteiger partial charge in [0.05, 0.1) is 0 Å². The van der Waals surface area contributed by atoms with Crippen molar-refractivity contribution in [3.63, 3.8) is 0 Å². The maximum Gasteiger partial charge on any atom is 0.223 e. The molecule has 2 heteroatoms. The molecule has 0 unspecified atom stereocenters. The zero-order valence-electron chi connectivity index (χ0n) is 5.95. The molecule has 0 aliphatic carbocycles. The van der Waals surface area contributed by atoms with E-state index in [1.54, 1.807) is 17.9 Å². The SMILES string of the molecule is C=Cc1cc[n+](OC)cc1. The first-order valence-corrected chi connectivity index (χ1v) is 3.05. The lowest BCUT2D eigenvalue weighted by molar-refractivity contribution is -0.885. The highest BCUT2D eigenvalue weighted by molar-refractivity contribution is 5.44. The van der Waals surface area contributed by atoms with Crippen molar-refractivity contribution in [2.75, 3.05) is 7.11 Å². The van der Waals surface area contributed by atoms with E-state index >= 15 is 0 Å². The zero-order valence-corrected chi connectivity index (χ0v) is 5.95. The Bertz CT molecular complexity index is 215. The highest BCUT2D eigenvalue weighted by Crippen LogP contribution is 1.94. The van der Waals surface area contributed by atoms with Crippen molar-refractivity contribution in [3.05, 3.63) is 36.7 Å². The van der Waals surface area contributed by atoms with Gasteiger partial charge in [0.2, 0.25) is 12.4 Å². The average Bonchev–Trinajstić information content (AvgIpc) is 2.05. The summed E-state index contributed by atoms with van der Waals surface area (Å²) in [6.07, 6.45) is 5.45. The molecular formula is C8H10NO+. The zero-order chi connectivity index (χ0) is 7.40. The van der Waals surface area contributed by atoms with Crippen LogP contribution in [0.4, 0.5) is 0 Å². The van der Waals surface area contributed by atoms with Crippen LogP contribution in [0.3, 0.4) is 0 Å². The lowest BCUT2D eigenvalue weighted by Gasteiger charge is -1.89. The fourth-order valence-electron chi connectivity index (χ4n) is 0.682. The molecule has 0 radical (unpaired) electrons. The second-order valence-electron chi connectivity index (χ2n) is 1.88. The smallest absolute Gasteiger partial charge is 0.223 e. The van der Waals surface area contributed by atoms with E-state index in [1.807, 2.05) is 24.5 Å². The number of rotatable bonds is 2. The third kappa shape index (κ3) is 1.35. The van der Waals surface area contributed by atoms with Crippen molar-refractivity contribution in [1.82, 2.24) is 0 Å². The minimum absolute atomic E-state index is 1.09. The van der Waals surface area contributed by atoms with E-state index in [9.17, 15) is 0 Å². The Hall–Kier alpha value is -1.31. The van der Waals surface area contributed by atoms with Crippen molar-refractivity contribution >= 4 is 6.08 Å². The van der Waals surface area contributed by atoms with Gasteiger partial charge in [0.15, 0.2) is 0 Å². The molecule has 52 valence electrons. The van der Waals surface area contributed by atoms with E-state index < -0.39 is 0 Å². The van der Waals surface area contributed by atoms with E-state index in [-0.39, 0.29) is 0 Å². The predicted molar refractivity (Wildman–Crippen MR) is 39.2 cm³/mol. The van der Waals surface area contributed by atoms with Gasteiger partial charge < -0.3 is 0 Å². The standard InChI is InChI=1S/C8H10NO/c1-3-8-4-6-9(10-2)7-5-8/h3-7H,1H2,2H3/q+1. The molecule has 1 heterocycles. The number of aromatic nitrogens is 1. The summed E-state index contributed by atoms with van der Waals surface area (Å²) < 4.78 is 1.62. The fourth-order valence-corrected chi connectivity index (χ4v) is 0.682. The summed E-state index contributed by atoms with van der Waals surface area (Å²) in [5.74, 6) is 0. The van der Waals surface area contributed by atoms with Gasteiger partial charge in [0, 0.05) is 16.9 Å². The van der Waals surface area contributed by atoms with E-state index in [2.05, 4.69) is 6.58 Å². The lowest BCUT2D eigenvalue weighted by atomic mass is 10.3. The average molecular weight is 136 g/mol. The monoisotopic (exact) mass is 136 g/mol. The van der Waals surface area contributed by atoms with Gasteiger partial charge in [-0.05, 0) is 5.56 Å². The molecular weight excluding hydrogens is 126 g/mol. The maximum absolute atomic E-state index is 4.90. The highest BCUT2D eigenvalue weighted by atomic mass is 16.6. The molecule has 1 aromatic heterocycles. The molecule has 2 nitrogen and oxygen atoms in total. The number of pyridine rings is 1. The van der Waals surface area contributed by atoms with Crippen molar-refractivity contribution in [2.24, 2.45) is 0 Å². The Morgan fingerprint density at radius 2 is 2.10 bits per heavy atom. The minimum Gasteiger partial charge on any atom is -0.275 e. The van der Waals surface area contributed by atoms with Crippen LogP contribution in [-0.2, 0) is 0 Å². The molecule has 1 rings (SSSR count). The second-order valence-corrected chi connectivity index (χ2v) is 1.88. The first-order valence-electron chi connectivity index (χ1n) is 3.05. The largest absolute Gasteiger partial charge is 0.275 e. The van der Waals surface area contributed by atoms with Crippen molar-refractivity contribution in [2.45, 2.75) is 0 Å². The number of nitrogens with zero attached hydrogens (tertiary/aromatic N) is 1. The van der Waals surface area contributed by atoms with Crippen LogP contribution < -0.4 is 9.57 Å². The van der Waals surface area contributed by atoms with Gasteiger partial charge in [-0.1, -0.05) is 12.7 Å². The van der Waals surface area contributed by atoms with E-state index in [0.717, 1.165) is 5.56 Å². The molecule has 0 fully saturated rings. The summed E-state index contributed by atoms with van der Waals surface area (Å²) in [7, 11) is 1.62. The van der Waals surface area contributed by atoms with Crippen LogP contribution in [-0.4, -0.2) is 7.11 Å². The topological polar surface area (TPSA) is 13.1 Å². The van der Waals surface area contributed by atoms with Crippen LogP contribution >= 0.6 is 0 Å². The Morgan fingerprint density at radius 3 is 2.50 bits per heavy atom. The molecule has 0 bridgehead atoms. The summed E-state index contributed by atoms with van der Waals surface area (Å²) in [5, 5.41) is 0. The number of hydrogen-bond acceptors (Lipinski definition) is 1. The van der Waals surface area contributed by atoms with Gasteiger partial charge in [0.1, 0.15) is 7.11 Å². The predicted octanol–water partition coefficient (Wildman–Crippen LogP) is 0.676. The van der Waals surface area contributed by atoms with Gasteiger partial charge in [-0.2, -0.15) is 0 Å². The highest BCUT2D eigenvalue weighted by Gasteiger charge is 1.94. The van der Waals surface area contributed by atoms with Gasteiger partial charge in [-0.3, -0.25) is 4.84 Å². The van der Waals surface area contributed by atoms with Gasteiger partial charge in [-0.15, -0.1) is 0 Å². The molecule has 0 aromatic carbocycles. The third-order valence-electron chi connectivity index (χ3n) is 1.27. The van der Waals surface area contributed by atoms with Crippen molar-refractivity contribution < 1.29 is 9.57 Å². The van der Waals surface area contributed by atoms with Crippen LogP contribution in [0.25, 0.3) is 6.08 Å². The van der Waals surface area contributed by atoms with E-state index in [1.165, 1.54) is 0 Å². The molecule has 0 aliphatic heterocycles. The van der Waals surface area contributed by atoms with E-state index in [0.29, 0.717) is 0 Å². The molecule has 1 aromatic rings. The van der Waals surface area contributed by atoms with Crippen molar-refractivity contribution in [1.29, 1.82) is 0 Å². The maximum atomic E-state index is 4.90. The van der Waals surface area contributed by atoms with Gasteiger partial charge in [-0.25, -0.2) is 0 Å². The summed E-state index contributed by atoms with van der Waals surface area (Å²) in [5.41, 5.74) is 1.09. The normalized spacial score (nSPS) is 8.90. The molecule has 0 saturated carbocycles. The molecule has 0 amide bonds. The Balaban J connectivity index is 2.90. The fraction of sp³-hybridized carbons (Fsp3) is 0.125. The molecule has 0 atom stereocenters. The first-order chi connectivity index (χ1) is 4.86. The summed E-state index contributed by atoms with van der Waals surface area (Å²) >= 11 is 0. The molecule has 10 heavy (non-hydrogen) atoms. The summed E-state index contributed by atoms with van der Waals surface area (Å²) in [4.78, 5) is 4.90. The van der Waals surface area contributed by atoms with Gasteiger partial charge in [0.25, 0.3) is 0 Å². The second kappa shape index (κ2) is 3.01. The summed E-state index contributed by atoms with van der Waals surface area (Å²) in [6.45, 7) is 3.64.